The molecule has 0 aromatic heterocycles. The van der Waals surface area contributed by atoms with E-state index in [0.717, 1.165) is 5.56 Å². The van der Waals surface area contributed by atoms with Gasteiger partial charge in [-0.25, -0.2) is 0 Å². The van der Waals surface area contributed by atoms with Crippen LogP contribution >= 0.6 is 0 Å². The maximum absolute atomic E-state index is 9.70. The quantitative estimate of drug-likeness (QED) is 0.702. The van der Waals surface area contributed by atoms with Gasteiger partial charge >= 0.3 is 0 Å². The van der Waals surface area contributed by atoms with Crippen LogP contribution in [0.2, 0.25) is 0 Å². The van der Waals surface area contributed by atoms with Crippen LogP contribution < -0.4 is 4.74 Å². The fourth-order valence-corrected chi connectivity index (χ4v) is 1.47. The number of aliphatic hydroxyl groups excluding tert-OH is 1. The van der Waals surface area contributed by atoms with E-state index in [1.54, 1.807) is 38.1 Å². The number of ether oxygens (including phenoxy) is 1. The number of fused-ring (bicyclic) bond motifs is 1. The highest BCUT2D eigenvalue weighted by atomic mass is 16.5. The summed E-state index contributed by atoms with van der Waals surface area (Å²) in [5.74, 6) is 0.863. The summed E-state index contributed by atoms with van der Waals surface area (Å²) >= 11 is 0. The minimum atomic E-state index is -0.693. The van der Waals surface area contributed by atoms with Gasteiger partial charge in [0.2, 0.25) is 0 Å². The summed E-state index contributed by atoms with van der Waals surface area (Å²) in [6, 6.07) is 7.19. The van der Waals surface area contributed by atoms with Crippen molar-refractivity contribution in [1.82, 2.24) is 0 Å². The Labute approximate surface area is 88.2 Å². The molecule has 1 aromatic rings. The van der Waals surface area contributed by atoms with Gasteiger partial charge in [0.1, 0.15) is 11.5 Å². The van der Waals surface area contributed by atoms with Crippen LogP contribution in [0, 0.1) is 11.3 Å². The summed E-state index contributed by atoms with van der Waals surface area (Å²) < 4.78 is 5.60. The fourth-order valence-electron chi connectivity index (χ4n) is 1.47. The van der Waals surface area contributed by atoms with Gasteiger partial charge in [0.05, 0.1) is 11.6 Å². The number of nitriles is 1. The highest BCUT2D eigenvalue weighted by Gasteiger charge is 2.30. The normalized spacial score (nSPS) is 17.0. The second-order valence-electron chi connectivity index (χ2n) is 4.01. The molecule has 0 spiro atoms. The van der Waals surface area contributed by atoms with Gasteiger partial charge in [-0.2, -0.15) is 5.26 Å². The zero-order chi connectivity index (χ0) is 11.1. The molecule has 3 nitrogen and oxygen atoms in total. The van der Waals surface area contributed by atoms with E-state index < -0.39 is 5.60 Å². The summed E-state index contributed by atoms with van der Waals surface area (Å²) in [5.41, 5.74) is 0.605. The molecule has 0 fully saturated rings. The minimum absolute atomic E-state index is 0.171. The first-order valence-electron chi connectivity index (χ1n) is 4.67. The molecular weight excluding hydrogens is 190 g/mol. The fraction of sp³-hybridized carbons (Fsp3) is 0.250. The third-order valence-corrected chi connectivity index (χ3v) is 2.41. The van der Waals surface area contributed by atoms with Gasteiger partial charge in [-0.3, -0.25) is 0 Å². The Morgan fingerprint density at radius 3 is 2.80 bits per heavy atom. The van der Waals surface area contributed by atoms with Crippen LogP contribution in [0.4, 0.5) is 0 Å². The molecule has 76 valence electrons. The Morgan fingerprint density at radius 2 is 2.13 bits per heavy atom. The maximum Gasteiger partial charge on any atom is 0.160 e. The summed E-state index contributed by atoms with van der Waals surface area (Å²) in [6.45, 7) is 3.58. The van der Waals surface area contributed by atoms with Crippen molar-refractivity contribution in [2.75, 3.05) is 0 Å². The van der Waals surface area contributed by atoms with Gasteiger partial charge in [-0.1, -0.05) is 0 Å². The van der Waals surface area contributed by atoms with E-state index in [2.05, 4.69) is 0 Å². The third-order valence-electron chi connectivity index (χ3n) is 2.41. The van der Waals surface area contributed by atoms with E-state index in [4.69, 9.17) is 10.00 Å². The van der Waals surface area contributed by atoms with Gasteiger partial charge in [-0.15, -0.1) is 0 Å². The molecule has 0 saturated heterocycles. The lowest BCUT2D eigenvalue weighted by Crippen LogP contribution is -2.33. The summed E-state index contributed by atoms with van der Waals surface area (Å²) in [4.78, 5) is 0. The van der Waals surface area contributed by atoms with Crippen molar-refractivity contribution in [3.63, 3.8) is 0 Å². The molecule has 0 atom stereocenters. The molecule has 1 aliphatic rings. The first-order chi connectivity index (χ1) is 7.03. The number of rotatable bonds is 0. The van der Waals surface area contributed by atoms with Crippen molar-refractivity contribution < 1.29 is 9.84 Å². The SMILES string of the molecule is CC1(C)Oc2ccc(C#N)cc2C=C1O. The number of hydrogen-bond donors (Lipinski definition) is 1. The van der Waals surface area contributed by atoms with Gasteiger partial charge in [0.25, 0.3) is 0 Å². The molecular formula is C12H11NO2. The minimum Gasteiger partial charge on any atom is -0.508 e. The average Bonchev–Trinajstić information content (AvgIpc) is 2.19. The second kappa shape index (κ2) is 3.03. The zero-order valence-electron chi connectivity index (χ0n) is 8.61. The molecule has 0 unspecified atom stereocenters. The number of aliphatic hydroxyl groups is 1. The predicted molar refractivity (Wildman–Crippen MR) is 56.5 cm³/mol. The van der Waals surface area contributed by atoms with Gasteiger partial charge < -0.3 is 9.84 Å². The van der Waals surface area contributed by atoms with Crippen LogP contribution in [0.3, 0.4) is 0 Å². The van der Waals surface area contributed by atoms with Gasteiger partial charge in [0.15, 0.2) is 5.60 Å². The summed E-state index contributed by atoms with van der Waals surface area (Å²) in [5, 5.41) is 18.4. The zero-order valence-corrected chi connectivity index (χ0v) is 8.61. The number of hydrogen-bond acceptors (Lipinski definition) is 3. The van der Waals surface area contributed by atoms with Crippen LogP contribution in [0.1, 0.15) is 25.0 Å². The smallest absolute Gasteiger partial charge is 0.160 e. The van der Waals surface area contributed by atoms with Crippen LogP contribution in [0.5, 0.6) is 5.75 Å². The third kappa shape index (κ3) is 1.55. The predicted octanol–water partition coefficient (Wildman–Crippen LogP) is 2.63. The van der Waals surface area contributed by atoms with Crippen LogP contribution in [0.25, 0.3) is 6.08 Å². The molecule has 2 rings (SSSR count). The van der Waals surface area contributed by atoms with E-state index in [1.165, 1.54) is 0 Å². The highest BCUT2D eigenvalue weighted by Crippen LogP contribution is 2.34. The monoisotopic (exact) mass is 201 g/mol. The molecule has 1 heterocycles. The number of benzene rings is 1. The van der Waals surface area contributed by atoms with E-state index in [9.17, 15) is 5.11 Å². The first kappa shape index (κ1) is 9.60. The van der Waals surface area contributed by atoms with Crippen LogP contribution in [-0.4, -0.2) is 10.7 Å². The average molecular weight is 201 g/mol. The van der Waals surface area contributed by atoms with Crippen LogP contribution in [-0.2, 0) is 0 Å². The van der Waals surface area contributed by atoms with Crippen molar-refractivity contribution in [1.29, 1.82) is 5.26 Å². The topological polar surface area (TPSA) is 53.2 Å². The molecule has 1 aromatic carbocycles. The molecule has 0 saturated carbocycles. The van der Waals surface area contributed by atoms with E-state index in [1.807, 2.05) is 6.07 Å². The Morgan fingerprint density at radius 1 is 1.40 bits per heavy atom. The maximum atomic E-state index is 9.70. The Kier molecular flexibility index (Phi) is 1.94. The van der Waals surface area contributed by atoms with Crippen molar-refractivity contribution >= 4 is 6.08 Å². The molecule has 0 amide bonds. The highest BCUT2D eigenvalue weighted by molar-refractivity contribution is 5.64. The lowest BCUT2D eigenvalue weighted by molar-refractivity contribution is 0.0936. The number of nitrogens with zero attached hydrogens (tertiary/aromatic N) is 1. The Balaban J connectivity index is 2.54. The lowest BCUT2D eigenvalue weighted by Gasteiger charge is -2.30. The van der Waals surface area contributed by atoms with Crippen molar-refractivity contribution in [2.24, 2.45) is 0 Å². The van der Waals surface area contributed by atoms with Gasteiger partial charge in [0, 0.05) is 5.56 Å². The first-order valence-corrected chi connectivity index (χ1v) is 4.67. The van der Waals surface area contributed by atoms with Crippen molar-refractivity contribution in [2.45, 2.75) is 19.4 Å². The Bertz CT molecular complexity index is 481. The molecule has 1 aliphatic heterocycles. The summed E-state index contributed by atoms with van der Waals surface area (Å²) in [6.07, 6.45) is 1.64. The largest absolute Gasteiger partial charge is 0.508 e. The molecule has 0 aliphatic carbocycles. The molecule has 3 heteroatoms. The van der Waals surface area contributed by atoms with E-state index >= 15 is 0 Å². The molecule has 0 radical (unpaired) electrons. The van der Waals surface area contributed by atoms with Crippen LogP contribution in [0.15, 0.2) is 24.0 Å². The lowest BCUT2D eigenvalue weighted by atomic mass is 9.99. The Hall–Kier alpha value is -1.95. The molecule has 15 heavy (non-hydrogen) atoms. The van der Waals surface area contributed by atoms with E-state index in [0.29, 0.717) is 11.3 Å². The second-order valence-corrected chi connectivity index (χ2v) is 4.01. The van der Waals surface area contributed by atoms with Crippen molar-refractivity contribution in [3.05, 3.63) is 35.1 Å². The molecule has 0 bridgehead atoms. The summed E-state index contributed by atoms with van der Waals surface area (Å²) in [7, 11) is 0. The van der Waals surface area contributed by atoms with Gasteiger partial charge in [-0.05, 0) is 38.1 Å². The van der Waals surface area contributed by atoms with E-state index in [-0.39, 0.29) is 5.76 Å². The standard InChI is InChI=1S/C12H11NO2/c1-12(2)11(14)6-9-5-8(7-13)3-4-10(9)15-12/h3-6,14H,1-2H3. The van der Waals surface area contributed by atoms with Crippen molar-refractivity contribution in [3.8, 4) is 11.8 Å². The molecule has 1 N–H and O–H groups in total.